The number of nitrogens with two attached hydrogens (primary N) is 1. The molecule has 0 rings (SSSR count). The Kier molecular flexibility index (Phi) is 16.7. The molecule has 0 saturated carbocycles. The summed E-state index contributed by atoms with van der Waals surface area (Å²) in [6, 6.07) is 1.21. The van der Waals surface area contributed by atoms with Crippen molar-refractivity contribution in [3.05, 3.63) is 0 Å². The molecule has 140 valence electrons. The zero-order valence-electron chi connectivity index (χ0n) is 16.8. The van der Waals surface area contributed by atoms with Gasteiger partial charge in [0.1, 0.15) is 0 Å². The Labute approximate surface area is 147 Å². The molecule has 23 heavy (non-hydrogen) atoms. The summed E-state index contributed by atoms with van der Waals surface area (Å²) in [6.07, 6.45) is 19.8. The standard InChI is InChI=1S/C21H46N2/c1-5-9-12-15-19-20(16-8-4)23(22)21(17-13-10-6-2)18-14-11-7-3/h20-21H,5-19,22H2,1-4H3. The van der Waals surface area contributed by atoms with E-state index in [2.05, 4.69) is 32.7 Å². The van der Waals surface area contributed by atoms with E-state index in [1.807, 2.05) is 0 Å². The van der Waals surface area contributed by atoms with Crippen LogP contribution in [0.3, 0.4) is 0 Å². The van der Waals surface area contributed by atoms with Crippen molar-refractivity contribution in [2.45, 2.75) is 136 Å². The Hall–Kier alpha value is -0.0800. The lowest BCUT2D eigenvalue weighted by molar-refractivity contribution is 0.101. The molecule has 0 aliphatic heterocycles. The van der Waals surface area contributed by atoms with Gasteiger partial charge in [-0.15, -0.1) is 0 Å². The molecule has 0 aromatic rings. The minimum Gasteiger partial charge on any atom is -0.268 e. The van der Waals surface area contributed by atoms with E-state index < -0.39 is 0 Å². The third-order valence-corrected chi connectivity index (χ3v) is 5.14. The molecular weight excluding hydrogens is 280 g/mol. The summed E-state index contributed by atoms with van der Waals surface area (Å²) in [6.45, 7) is 9.17. The Morgan fingerprint density at radius 1 is 0.522 bits per heavy atom. The summed E-state index contributed by atoms with van der Waals surface area (Å²) < 4.78 is 0. The van der Waals surface area contributed by atoms with E-state index in [0.717, 1.165) is 0 Å². The Morgan fingerprint density at radius 2 is 0.913 bits per heavy atom. The number of nitrogens with zero attached hydrogens (tertiary/aromatic N) is 1. The molecule has 0 heterocycles. The van der Waals surface area contributed by atoms with Gasteiger partial charge in [-0.05, 0) is 25.7 Å². The summed E-state index contributed by atoms with van der Waals surface area (Å²) in [4.78, 5) is 0. The van der Waals surface area contributed by atoms with E-state index in [0.29, 0.717) is 12.1 Å². The fourth-order valence-electron chi connectivity index (χ4n) is 3.58. The molecule has 0 saturated heterocycles. The van der Waals surface area contributed by atoms with Crippen LogP contribution in [-0.2, 0) is 0 Å². The Bertz CT molecular complexity index is 220. The first-order valence-corrected chi connectivity index (χ1v) is 10.7. The number of unbranched alkanes of at least 4 members (excludes halogenated alkanes) is 7. The second-order valence-electron chi connectivity index (χ2n) is 7.38. The molecule has 0 amide bonds. The lowest BCUT2D eigenvalue weighted by atomic mass is 9.97. The average Bonchev–Trinajstić information content (AvgIpc) is 2.56. The summed E-state index contributed by atoms with van der Waals surface area (Å²) in [5.74, 6) is 6.66. The Balaban J connectivity index is 4.48. The van der Waals surface area contributed by atoms with Gasteiger partial charge in [0.05, 0.1) is 0 Å². The van der Waals surface area contributed by atoms with E-state index in [4.69, 9.17) is 5.84 Å². The van der Waals surface area contributed by atoms with Gasteiger partial charge in [-0.25, -0.2) is 5.01 Å². The molecule has 0 aliphatic carbocycles. The van der Waals surface area contributed by atoms with Crippen molar-refractivity contribution in [1.29, 1.82) is 0 Å². The normalized spacial score (nSPS) is 13.2. The van der Waals surface area contributed by atoms with Crippen molar-refractivity contribution in [3.8, 4) is 0 Å². The predicted octanol–water partition coefficient (Wildman–Crippen LogP) is 6.83. The van der Waals surface area contributed by atoms with Crippen LogP contribution in [0.5, 0.6) is 0 Å². The van der Waals surface area contributed by atoms with Crippen molar-refractivity contribution in [2.24, 2.45) is 5.84 Å². The van der Waals surface area contributed by atoms with Crippen LogP contribution >= 0.6 is 0 Å². The van der Waals surface area contributed by atoms with Crippen molar-refractivity contribution in [1.82, 2.24) is 5.01 Å². The maximum atomic E-state index is 6.66. The summed E-state index contributed by atoms with van der Waals surface area (Å²) in [7, 11) is 0. The molecular formula is C21H46N2. The van der Waals surface area contributed by atoms with E-state index in [1.54, 1.807) is 0 Å². The minimum atomic E-state index is 0.602. The van der Waals surface area contributed by atoms with Crippen LogP contribution in [-0.4, -0.2) is 17.1 Å². The van der Waals surface area contributed by atoms with Gasteiger partial charge in [0, 0.05) is 12.1 Å². The van der Waals surface area contributed by atoms with Crippen LogP contribution in [0.15, 0.2) is 0 Å². The second-order valence-corrected chi connectivity index (χ2v) is 7.38. The first-order chi connectivity index (χ1) is 11.2. The fourth-order valence-corrected chi connectivity index (χ4v) is 3.58. The zero-order valence-corrected chi connectivity index (χ0v) is 16.8. The molecule has 0 fully saturated rings. The number of rotatable bonds is 17. The SMILES string of the molecule is CCCCCCC(CCC)N(N)C(CCCCC)CCCCC. The van der Waals surface area contributed by atoms with Crippen LogP contribution in [0, 0.1) is 0 Å². The van der Waals surface area contributed by atoms with Gasteiger partial charge in [-0.3, -0.25) is 5.84 Å². The van der Waals surface area contributed by atoms with Crippen molar-refractivity contribution < 1.29 is 0 Å². The molecule has 0 radical (unpaired) electrons. The van der Waals surface area contributed by atoms with E-state index in [-0.39, 0.29) is 0 Å². The van der Waals surface area contributed by atoms with Gasteiger partial charge in [-0.1, -0.05) is 98.3 Å². The summed E-state index contributed by atoms with van der Waals surface area (Å²) >= 11 is 0. The highest BCUT2D eigenvalue weighted by Crippen LogP contribution is 2.21. The largest absolute Gasteiger partial charge is 0.268 e. The minimum absolute atomic E-state index is 0.602. The molecule has 2 heteroatoms. The lowest BCUT2D eigenvalue weighted by Gasteiger charge is -2.35. The smallest absolute Gasteiger partial charge is 0.0244 e. The summed E-state index contributed by atoms with van der Waals surface area (Å²) in [5, 5.41) is 2.29. The monoisotopic (exact) mass is 326 g/mol. The molecule has 2 nitrogen and oxygen atoms in total. The van der Waals surface area contributed by atoms with Crippen LogP contribution < -0.4 is 5.84 Å². The number of hydrogen-bond donors (Lipinski definition) is 1. The Morgan fingerprint density at radius 3 is 1.35 bits per heavy atom. The van der Waals surface area contributed by atoms with E-state index >= 15 is 0 Å². The van der Waals surface area contributed by atoms with Crippen LogP contribution in [0.4, 0.5) is 0 Å². The van der Waals surface area contributed by atoms with Gasteiger partial charge in [0.25, 0.3) is 0 Å². The third-order valence-electron chi connectivity index (χ3n) is 5.14. The molecule has 0 spiro atoms. The first kappa shape index (κ1) is 22.9. The topological polar surface area (TPSA) is 29.3 Å². The van der Waals surface area contributed by atoms with Gasteiger partial charge >= 0.3 is 0 Å². The predicted molar refractivity (Wildman–Crippen MR) is 106 cm³/mol. The molecule has 0 aromatic carbocycles. The number of hydrogen-bond acceptors (Lipinski definition) is 2. The highest BCUT2D eigenvalue weighted by atomic mass is 15.4. The van der Waals surface area contributed by atoms with Crippen molar-refractivity contribution >= 4 is 0 Å². The molecule has 0 bridgehead atoms. The first-order valence-electron chi connectivity index (χ1n) is 10.7. The van der Waals surface area contributed by atoms with Gasteiger partial charge in [0.2, 0.25) is 0 Å². The maximum absolute atomic E-state index is 6.66. The van der Waals surface area contributed by atoms with Gasteiger partial charge in [0.15, 0.2) is 0 Å². The molecule has 1 atom stereocenters. The highest BCUT2D eigenvalue weighted by Gasteiger charge is 2.22. The van der Waals surface area contributed by atoms with Crippen LogP contribution in [0.1, 0.15) is 124 Å². The maximum Gasteiger partial charge on any atom is 0.0244 e. The average molecular weight is 327 g/mol. The van der Waals surface area contributed by atoms with Crippen LogP contribution in [0.2, 0.25) is 0 Å². The van der Waals surface area contributed by atoms with Crippen LogP contribution in [0.25, 0.3) is 0 Å². The second kappa shape index (κ2) is 16.8. The third kappa shape index (κ3) is 12.0. The summed E-state index contributed by atoms with van der Waals surface area (Å²) in [5.41, 5.74) is 0. The lowest BCUT2D eigenvalue weighted by Crippen LogP contribution is -2.48. The quantitative estimate of drug-likeness (QED) is 0.180. The highest BCUT2D eigenvalue weighted by molar-refractivity contribution is 4.76. The number of hydrazine groups is 1. The van der Waals surface area contributed by atoms with E-state index in [1.165, 1.54) is 96.3 Å². The zero-order chi connectivity index (χ0) is 17.3. The fraction of sp³-hybridized carbons (Fsp3) is 1.00. The molecule has 0 aromatic heterocycles. The van der Waals surface area contributed by atoms with Gasteiger partial charge < -0.3 is 0 Å². The van der Waals surface area contributed by atoms with E-state index in [9.17, 15) is 0 Å². The van der Waals surface area contributed by atoms with Crippen molar-refractivity contribution in [2.75, 3.05) is 0 Å². The molecule has 2 N–H and O–H groups in total. The molecule has 0 aliphatic rings. The molecule has 1 unspecified atom stereocenters. The van der Waals surface area contributed by atoms with Crippen molar-refractivity contribution in [3.63, 3.8) is 0 Å². The van der Waals surface area contributed by atoms with Gasteiger partial charge in [-0.2, -0.15) is 0 Å².